The Balaban J connectivity index is 2.05. The molecule has 2 aromatic rings. The number of esters is 1. The summed E-state index contributed by atoms with van der Waals surface area (Å²) in [7, 11) is 0. The number of ether oxygens (including phenoxy) is 1. The van der Waals surface area contributed by atoms with Crippen LogP contribution < -0.4 is 0 Å². The van der Waals surface area contributed by atoms with Gasteiger partial charge in [-0.2, -0.15) is 0 Å². The molecule has 132 valence electrons. The summed E-state index contributed by atoms with van der Waals surface area (Å²) in [6.07, 6.45) is 0.389. The van der Waals surface area contributed by atoms with Gasteiger partial charge in [-0.15, -0.1) is 0 Å². The number of rotatable bonds is 8. The largest absolute Gasteiger partial charge is 0.466 e. The second-order valence-corrected chi connectivity index (χ2v) is 5.66. The molecule has 0 aliphatic heterocycles. The van der Waals surface area contributed by atoms with E-state index in [1.165, 1.54) is 12.1 Å². The minimum absolute atomic E-state index is 0.0835. The minimum Gasteiger partial charge on any atom is -0.466 e. The highest BCUT2D eigenvalue weighted by Crippen LogP contribution is 2.10. The molecule has 2 aromatic carbocycles. The van der Waals surface area contributed by atoms with E-state index in [1.807, 2.05) is 30.3 Å². The highest BCUT2D eigenvalue weighted by atomic mass is 19.1. The molecule has 2 rings (SSSR count). The SMILES string of the molecule is CCOC(=O)CCN(Cc1ccc(F)cc1)C(=O)Cc1ccccc1. The van der Waals surface area contributed by atoms with Crippen molar-refractivity contribution in [1.82, 2.24) is 4.90 Å². The molecule has 0 bridgehead atoms. The van der Waals surface area contributed by atoms with Gasteiger partial charge in [0.1, 0.15) is 5.82 Å². The maximum Gasteiger partial charge on any atom is 0.307 e. The Kier molecular flexibility index (Phi) is 7.14. The van der Waals surface area contributed by atoms with Crippen LogP contribution in [0.1, 0.15) is 24.5 Å². The third-order valence-corrected chi connectivity index (χ3v) is 3.73. The van der Waals surface area contributed by atoms with E-state index >= 15 is 0 Å². The van der Waals surface area contributed by atoms with Crippen LogP contribution in [0.4, 0.5) is 4.39 Å². The van der Waals surface area contributed by atoms with E-state index in [2.05, 4.69) is 0 Å². The summed E-state index contributed by atoms with van der Waals surface area (Å²) in [5.74, 6) is -0.739. The predicted molar refractivity (Wildman–Crippen MR) is 93.2 cm³/mol. The van der Waals surface area contributed by atoms with Gasteiger partial charge in [0, 0.05) is 13.1 Å². The van der Waals surface area contributed by atoms with Gasteiger partial charge in [-0.3, -0.25) is 9.59 Å². The molecular formula is C20H22FNO3. The number of carbonyl (C=O) groups is 2. The molecular weight excluding hydrogens is 321 g/mol. The number of hydrogen-bond donors (Lipinski definition) is 0. The average Bonchev–Trinajstić information content (AvgIpc) is 2.61. The zero-order chi connectivity index (χ0) is 18.1. The molecule has 25 heavy (non-hydrogen) atoms. The molecule has 0 radical (unpaired) electrons. The van der Waals surface area contributed by atoms with Gasteiger partial charge in [0.2, 0.25) is 5.91 Å². The van der Waals surface area contributed by atoms with E-state index in [4.69, 9.17) is 4.74 Å². The Labute approximate surface area is 147 Å². The fourth-order valence-corrected chi connectivity index (χ4v) is 2.44. The summed E-state index contributed by atoms with van der Waals surface area (Å²) in [6, 6.07) is 15.4. The molecule has 0 fully saturated rings. The topological polar surface area (TPSA) is 46.6 Å². The summed E-state index contributed by atoms with van der Waals surface area (Å²) >= 11 is 0. The van der Waals surface area contributed by atoms with Crippen LogP contribution in [0.2, 0.25) is 0 Å². The summed E-state index contributed by atoms with van der Waals surface area (Å²) in [5.41, 5.74) is 1.72. The summed E-state index contributed by atoms with van der Waals surface area (Å²) < 4.78 is 18.0. The summed E-state index contributed by atoms with van der Waals surface area (Å²) in [6.45, 7) is 2.65. The lowest BCUT2D eigenvalue weighted by molar-refractivity contribution is -0.144. The van der Waals surface area contributed by atoms with Crippen LogP contribution in [0.5, 0.6) is 0 Å². The lowest BCUT2D eigenvalue weighted by Crippen LogP contribution is -2.34. The standard InChI is InChI=1S/C20H22FNO3/c1-2-25-20(24)12-13-22(15-17-8-10-18(21)11-9-17)19(23)14-16-6-4-3-5-7-16/h3-11H,2,12-15H2,1H3. The quantitative estimate of drug-likeness (QED) is 0.691. The number of benzene rings is 2. The Hall–Kier alpha value is -2.69. The van der Waals surface area contributed by atoms with E-state index in [0.29, 0.717) is 13.2 Å². The molecule has 4 nitrogen and oxygen atoms in total. The smallest absolute Gasteiger partial charge is 0.307 e. The Morgan fingerprint density at radius 2 is 1.68 bits per heavy atom. The Bertz CT molecular complexity index is 686. The van der Waals surface area contributed by atoms with Crippen molar-refractivity contribution in [2.75, 3.05) is 13.2 Å². The zero-order valence-electron chi connectivity index (χ0n) is 14.3. The second-order valence-electron chi connectivity index (χ2n) is 5.66. The van der Waals surface area contributed by atoms with Gasteiger partial charge < -0.3 is 9.64 Å². The number of hydrogen-bond acceptors (Lipinski definition) is 3. The zero-order valence-corrected chi connectivity index (χ0v) is 14.3. The van der Waals surface area contributed by atoms with Crippen LogP contribution in [0.15, 0.2) is 54.6 Å². The van der Waals surface area contributed by atoms with E-state index < -0.39 is 0 Å². The van der Waals surface area contributed by atoms with Gasteiger partial charge >= 0.3 is 5.97 Å². The first-order valence-corrected chi connectivity index (χ1v) is 8.30. The highest BCUT2D eigenvalue weighted by Gasteiger charge is 2.16. The Morgan fingerprint density at radius 3 is 2.32 bits per heavy atom. The van der Waals surface area contributed by atoms with Gasteiger partial charge in [0.05, 0.1) is 19.4 Å². The van der Waals surface area contributed by atoms with Crippen molar-refractivity contribution in [2.24, 2.45) is 0 Å². The third-order valence-electron chi connectivity index (χ3n) is 3.73. The number of halogens is 1. The van der Waals surface area contributed by atoms with Gasteiger partial charge in [-0.1, -0.05) is 42.5 Å². The van der Waals surface area contributed by atoms with Crippen molar-refractivity contribution in [1.29, 1.82) is 0 Å². The normalized spacial score (nSPS) is 10.3. The molecule has 0 unspecified atom stereocenters. The van der Waals surface area contributed by atoms with Crippen molar-refractivity contribution in [2.45, 2.75) is 26.3 Å². The van der Waals surface area contributed by atoms with E-state index in [0.717, 1.165) is 11.1 Å². The van der Waals surface area contributed by atoms with Gasteiger partial charge in [-0.05, 0) is 30.2 Å². The maximum absolute atomic E-state index is 13.1. The van der Waals surface area contributed by atoms with E-state index in [9.17, 15) is 14.0 Å². The van der Waals surface area contributed by atoms with Gasteiger partial charge in [0.25, 0.3) is 0 Å². The van der Waals surface area contributed by atoms with Crippen LogP contribution in [0.25, 0.3) is 0 Å². The monoisotopic (exact) mass is 343 g/mol. The third kappa shape index (κ3) is 6.37. The maximum atomic E-state index is 13.1. The van der Waals surface area contributed by atoms with E-state index in [-0.39, 0.29) is 37.1 Å². The highest BCUT2D eigenvalue weighted by molar-refractivity contribution is 5.79. The van der Waals surface area contributed by atoms with Crippen molar-refractivity contribution >= 4 is 11.9 Å². The summed E-state index contributed by atoms with van der Waals surface area (Å²) in [5, 5.41) is 0. The second kappa shape index (κ2) is 9.57. The molecule has 0 atom stereocenters. The number of amides is 1. The van der Waals surface area contributed by atoms with Crippen molar-refractivity contribution < 1.29 is 18.7 Å². The van der Waals surface area contributed by atoms with Crippen LogP contribution in [-0.2, 0) is 27.3 Å². The molecule has 5 heteroatoms. The molecule has 0 spiro atoms. The van der Waals surface area contributed by atoms with Crippen molar-refractivity contribution in [3.05, 3.63) is 71.5 Å². The molecule has 0 heterocycles. The fraction of sp³-hybridized carbons (Fsp3) is 0.300. The van der Waals surface area contributed by atoms with Crippen LogP contribution in [-0.4, -0.2) is 29.9 Å². The molecule has 0 aliphatic rings. The van der Waals surface area contributed by atoms with Crippen molar-refractivity contribution in [3.8, 4) is 0 Å². The number of carbonyl (C=O) groups excluding carboxylic acids is 2. The summed E-state index contributed by atoms with van der Waals surface area (Å²) in [4.78, 5) is 25.9. The van der Waals surface area contributed by atoms with Crippen LogP contribution in [0, 0.1) is 5.82 Å². The molecule has 0 N–H and O–H groups in total. The van der Waals surface area contributed by atoms with Gasteiger partial charge in [-0.25, -0.2) is 4.39 Å². The molecule has 0 saturated heterocycles. The van der Waals surface area contributed by atoms with Crippen LogP contribution in [0.3, 0.4) is 0 Å². The molecule has 0 aliphatic carbocycles. The lowest BCUT2D eigenvalue weighted by atomic mass is 10.1. The van der Waals surface area contributed by atoms with Crippen LogP contribution >= 0.6 is 0 Å². The van der Waals surface area contributed by atoms with Crippen molar-refractivity contribution in [3.63, 3.8) is 0 Å². The molecule has 0 saturated carbocycles. The number of nitrogens with zero attached hydrogens (tertiary/aromatic N) is 1. The first-order chi connectivity index (χ1) is 12.1. The minimum atomic E-state index is -0.334. The molecule has 0 aromatic heterocycles. The van der Waals surface area contributed by atoms with Gasteiger partial charge in [0.15, 0.2) is 0 Å². The lowest BCUT2D eigenvalue weighted by Gasteiger charge is -2.23. The first-order valence-electron chi connectivity index (χ1n) is 8.30. The Morgan fingerprint density at radius 1 is 1.00 bits per heavy atom. The first kappa shape index (κ1) is 18.6. The molecule has 1 amide bonds. The predicted octanol–water partition coefficient (Wildman–Crippen LogP) is 3.35. The fourth-order valence-electron chi connectivity index (χ4n) is 2.44. The van der Waals surface area contributed by atoms with E-state index in [1.54, 1.807) is 24.0 Å². The average molecular weight is 343 g/mol.